The quantitative estimate of drug-likeness (QED) is 0.0463. The molecule has 0 heterocycles. The number of aliphatic carboxylic acids is 1. The van der Waals surface area contributed by atoms with E-state index < -0.39 is 60.2 Å². The Morgan fingerprint density at radius 3 is 1.89 bits per heavy atom. The summed E-state index contributed by atoms with van der Waals surface area (Å²) in [5.41, 5.74) is 27.1. The van der Waals surface area contributed by atoms with Crippen molar-refractivity contribution in [2.75, 3.05) is 13.1 Å². The first-order chi connectivity index (χ1) is 17.3. The monoisotopic (exact) mass is 529 g/mol. The number of guanidine groups is 1. The normalized spacial score (nSPS) is 14.1. The standard InChI is InChI=1S/C22H43N9O6/c1-12(2)10-15(30-18(33)13(24)6-5-9-28-22(26)27)19(34)31-16(11-17(25)32)20(35)29-14(21(36)37)7-3-4-8-23/h12-16H,3-11,23-24H2,1-2H3,(H2,25,32)(H,29,35)(H,30,33)(H,31,34)(H,36,37)(H4,26,27,28). The molecule has 0 radical (unpaired) electrons. The van der Waals surface area contributed by atoms with Crippen LogP contribution < -0.4 is 44.6 Å². The molecule has 0 aromatic rings. The molecule has 14 N–H and O–H groups in total. The van der Waals surface area contributed by atoms with Crippen molar-refractivity contribution < 1.29 is 29.1 Å². The minimum absolute atomic E-state index is 0.0310. The van der Waals surface area contributed by atoms with E-state index in [4.69, 9.17) is 28.7 Å². The summed E-state index contributed by atoms with van der Waals surface area (Å²) in [6, 6.07) is -4.69. The van der Waals surface area contributed by atoms with Crippen LogP contribution in [0, 0.1) is 5.92 Å². The summed E-state index contributed by atoms with van der Waals surface area (Å²) in [4.78, 5) is 65.3. The van der Waals surface area contributed by atoms with E-state index in [9.17, 15) is 29.1 Å². The fourth-order valence-electron chi connectivity index (χ4n) is 3.34. The van der Waals surface area contributed by atoms with Gasteiger partial charge < -0.3 is 49.7 Å². The molecule has 0 fully saturated rings. The number of unbranched alkanes of at least 4 members (excludes halogenated alkanes) is 1. The minimum atomic E-state index is -1.44. The molecule has 37 heavy (non-hydrogen) atoms. The molecule has 0 aliphatic carbocycles. The minimum Gasteiger partial charge on any atom is -0.480 e. The second kappa shape index (κ2) is 17.9. The van der Waals surface area contributed by atoms with Crippen molar-refractivity contribution in [2.24, 2.45) is 39.6 Å². The molecule has 4 atom stereocenters. The molecule has 4 amide bonds. The van der Waals surface area contributed by atoms with Crippen LogP contribution in [-0.2, 0) is 24.0 Å². The van der Waals surface area contributed by atoms with Gasteiger partial charge in [0.2, 0.25) is 23.6 Å². The zero-order valence-corrected chi connectivity index (χ0v) is 21.6. The summed E-state index contributed by atoms with van der Waals surface area (Å²) in [5.74, 6) is -4.49. The van der Waals surface area contributed by atoms with Gasteiger partial charge in [0.05, 0.1) is 12.5 Å². The number of nitrogens with zero attached hydrogens (tertiary/aromatic N) is 1. The van der Waals surface area contributed by atoms with Crippen LogP contribution in [-0.4, -0.2) is 77.9 Å². The van der Waals surface area contributed by atoms with E-state index in [1.54, 1.807) is 0 Å². The van der Waals surface area contributed by atoms with Crippen molar-refractivity contribution in [2.45, 2.75) is 83.0 Å². The summed E-state index contributed by atoms with van der Waals surface area (Å²) in [6.45, 7) is 4.30. The Balaban J connectivity index is 5.39. The molecule has 0 saturated carbocycles. The van der Waals surface area contributed by atoms with Crippen molar-refractivity contribution in [1.29, 1.82) is 0 Å². The first kappa shape index (κ1) is 33.5. The molecule has 0 aliphatic heterocycles. The number of nitrogens with one attached hydrogen (secondary N) is 3. The first-order valence-corrected chi connectivity index (χ1v) is 12.2. The van der Waals surface area contributed by atoms with Gasteiger partial charge in [0, 0.05) is 6.54 Å². The average Bonchev–Trinajstić information content (AvgIpc) is 2.79. The molecule has 4 unspecified atom stereocenters. The summed E-state index contributed by atoms with van der Waals surface area (Å²) in [7, 11) is 0. The van der Waals surface area contributed by atoms with Gasteiger partial charge in [0.1, 0.15) is 18.1 Å². The zero-order valence-electron chi connectivity index (χ0n) is 21.6. The largest absolute Gasteiger partial charge is 0.480 e. The Morgan fingerprint density at radius 2 is 1.38 bits per heavy atom. The van der Waals surface area contributed by atoms with Crippen LogP contribution in [0.4, 0.5) is 0 Å². The maximum Gasteiger partial charge on any atom is 0.326 e. The van der Waals surface area contributed by atoms with Crippen LogP contribution in [0.5, 0.6) is 0 Å². The van der Waals surface area contributed by atoms with Crippen LogP contribution >= 0.6 is 0 Å². The van der Waals surface area contributed by atoms with Crippen LogP contribution in [0.25, 0.3) is 0 Å². The van der Waals surface area contributed by atoms with Gasteiger partial charge in [-0.1, -0.05) is 13.8 Å². The fraction of sp³-hybridized carbons (Fsp3) is 0.727. The molecule has 15 heteroatoms. The van der Waals surface area contributed by atoms with E-state index in [-0.39, 0.29) is 37.7 Å². The molecule has 0 aromatic carbocycles. The van der Waals surface area contributed by atoms with Crippen molar-refractivity contribution in [3.63, 3.8) is 0 Å². The molecule has 0 bridgehead atoms. The summed E-state index contributed by atoms with van der Waals surface area (Å²) < 4.78 is 0. The van der Waals surface area contributed by atoms with Gasteiger partial charge in [-0.25, -0.2) is 4.79 Å². The zero-order chi connectivity index (χ0) is 28.5. The fourth-order valence-corrected chi connectivity index (χ4v) is 3.34. The third kappa shape index (κ3) is 15.3. The average molecular weight is 530 g/mol. The van der Waals surface area contributed by atoms with E-state index in [0.717, 1.165) is 0 Å². The van der Waals surface area contributed by atoms with Gasteiger partial charge in [-0.3, -0.25) is 24.2 Å². The van der Waals surface area contributed by atoms with Gasteiger partial charge in [0.25, 0.3) is 0 Å². The number of amides is 4. The van der Waals surface area contributed by atoms with Crippen LogP contribution in [0.3, 0.4) is 0 Å². The molecule has 0 spiro atoms. The van der Waals surface area contributed by atoms with Gasteiger partial charge in [-0.2, -0.15) is 0 Å². The predicted octanol–water partition coefficient (Wildman–Crippen LogP) is -3.04. The Bertz CT molecular complexity index is 802. The molecule has 0 aromatic heterocycles. The highest BCUT2D eigenvalue weighted by Crippen LogP contribution is 2.08. The van der Waals surface area contributed by atoms with E-state index >= 15 is 0 Å². The Labute approximate surface area is 216 Å². The third-order valence-electron chi connectivity index (χ3n) is 5.24. The van der Waals surface area contributed by atoms with Crippen LogP contribution in [0.1, 0.15) is 58.8 Å². The van der Waals surface area contributed by atoms with E-state index in [2.05, 4.69) is 20.9 Å². The maximum atomic E-state index is 13.0. The molecule has 212 valence electrons. The van der Waals surface area contributed by atoms with E-state index in [0.29, 0.717) is 25.8 Å². The van der Waals surface area contributed by atoms with Crippen molar-refractivity contribution >= 4 is 35.6 Å². The highest BCUT2D eigenvalue weighted by Gasteiger charge is 2.31. The Kier molecular flexibility index (Phi) is 16.2. The number of rotatable bonds is 19. The lowest BCUT2D eigenvalue weighted by atomic mass is 10.0. The summed E-state index contributed by atoms with van der Waals surface area (Å²) >= 11 is 0. The second-order valence-corrected chi connectivity index (χ2v) is 9.16. The maximum absolute atomic E-state index is 13.0. The van der Waals surface area contributed by atoms with Crippen molar-refractivity contribution in [3.05, 3.63) is 0 Å². The number of carboxylic acids is 1. The molecular formula is C22H43N9O6. The second-order valence-electron chi connectivity index (χ2n) is 9.16. The first-order valence-electron chi connectivity index (χ1n) is 12.2. The lowest BCUT2D eigenvalue weighted by Crippen LogP contribution is -2.58. The number of carbonyl (C=O) groups is 5. The SMILES string of the molecule is CC(C)CC(NC(=O)C(N)CCCN=C(N)N)C(=O)NC(CC(N)=O)C(=O)NC(CCCCN)C(=O)O. The van der Waals surface area contributed by atoms with Crippen LogP contribution in [0.15, 0.2) is 4.99 Å². The molecule has 15 nitrogen and oxygen atoms in total. The number of carboxylic acid groups (broad SMARTS) is 1. The summed E-state index contributed by atoms with van der Waals surface area (Å²) in [5, 5.41) is 16.7. The van der Waals surface area contributed by atoms with Gasteiger partial charge in [-0.05, 0) is 51.0 Å². The third-order valence-corrected chi connectivity index (χ3v) is 5.24. The summed E-state index contributed by atoms with van der Waals surface area (Å²) in [6.07, 6.45) is 1.46. The van der Waals surface area contributed by atoms with E-state index in [1.807, 2.05) is 13.8 Å². The van der Waals surface area contributed by atoms with E-state index in [1.165, 1.54) is 0 Å². The number of nitrogens with two attached hydrogens (primary N) is 5. The van der Waals surface area contributed by atoms with Crippen molar-refractivity contribution in [3.8, 4) is 0 Å². The molecule has 0 aliphatic rings. The molecule has 0 saturated heterocycles. The number of aliphatic imine (C=N–C) groups is 1. The van der Waals surface area contributed by atoms with Crippen molar-refractivity contribution in [1.82, 2.24) is 16.0 Å². The molecule has 0 rings (SSSR count). The predicted molar refractivity (Wildman–Crippen MR) is 137 cm³/mol. The van der Waals surface area contributed by atoms with Gasteiger partial charge in [0.15, 0.2) is 5.96 Å². The molecular weight excluding hydrogens is 486 g/mol. The topological polar surface area (TPSA) is 284 Å². The number of primary amides is 1. The van der Waals surface area contributed by atoms with Gasteiger partial charge in [-0.15, -0.1) is 0 Å². The smallest absolute Gasteiger partial charge is 0.326 e. The van der Waals surface area contributed by atoms with Gasteiger partial charge >= 0.3 is 5.97 Å². The number of carbonyl (C=O) groups excluding carboxylic acids is 4. The Morgan fingerprint density at radius 1 is 0.811 bits per heavy atom. The lowest BCUT2D eigenvalue weighted by molar-refractivity contribution is -0.142. The highest BCUT2D eigenvalue weighted by atomic mass is 16.4. The lowest BCUT2D eigenvalue weighted by Gasteiger charge is -2.25. The highest BCUT2D eigenvalue weighted by molar-refractivity contribution is 5.96. The number of hydrogen-bond donors (Lipinski definition) is 9. The Hall–Kier alpha value is -3.46. The van der Waals surface area contributed by atoms with Crippen LogP contribution in [0.2, 0.25) is 0 Å². The number of hydrogen-bond acceptors (Lipinski definition) is 8.